The van der Waals surface area contributed by atoms with Crippen molar-refractivity contribution in [1.29, 1.82) is 0 Å². The van der Waals surface area contributed by atoms with Gasteiger partial charge >= 0.3 is 0 Å². The fraction of sp³-hybridized carbons (Fsp3) is 0.375. The minimum Gasteiger partial charge on any atom is -0.349 e. The van der Waals surface area contributed by atoms with Crippen LogP contribution < -0.4 is 5.32 Å². The van der Waals surface area contributed by atoms with Crippen LogP contribution in [0.5, 0.6) is 0 Å². The Balaban J connectivity index is 1.97. The minimum absolute atomic E-state index is 0.341. The summed E-state index contributed by atoms with van der Waals surface area (Å²) in [5.74, 6) is -0.176. The highest BCUT2D eigenvalue weighted by Gasteiger charge is 2.05. The highest BCUT2D eigenvalue weighted by Crippen LogP contribution is 2.12. The Kier molecular flexibility index (Phi) is 4.90. The van der Waals surface area contributed by atoms with Crippen LogP contribution in [0.1, 0.15) is 25.0 Å². The Labute approximate surface area is 118 Å². The van der Waals surface area contributed by atoms with Crippen LogP contribution in [0.3, 0.4) is 0 Å². The number of aromatic nitrogens is 1. The van der Waals surface area contributed by atoms with Gasteiger partial charge in [-0.15, -0.1) is 0 Å². The summed E-state index contributed by atoms with van der Waals surface area (Å²) >= 11 is 0. The van der Waals surface area contributed by atoms with E-state index in [0.29, 0.717) is 18.0 Å². The van der Waals surface area contributed by atoms with Crippen LogP contribution in [0.25, 0.3) is 0 Å². The lowest BCUT2D eigenvalue weighted by atomic mass is 10.2. The number of halogens is 2. The van der Waals surface area contributed by atoms with Gasteiger partial charge in [-0.05, 0) is 42.3 Å². The molecule has 0 aliphatic heterocycles. The van der Waals surface area contributed by atoms with Gasteiger partial charge in [0.2, 0.25) is 0 Å². The standard InChI is InChI=1S/C16H20F2N2/c1-12(2)8-19-9-13-5-6-20(10-13)11-14-7-15(17)3-4-16(14)18/h3-7,10,12,19H,8-9,11H2,1-2H3. The summed E-state index contributed by atoms with van der Waals surface area (Å²) in [6, 6.07) is 5.53. The molecule has 20 heavy (non-hydrogen) atoms. The first kappa shape index (κ1) is 14.7. The minimum atomic E-state index is -0.410. The zero-order valence-corrected chi connectivity index (χ0v) is 11.9. The van der Waals surface area contributed by atoms with Crippen LogP contribution in [0.4, 0.5) is 8.78 Å². The first-order chi connectivity index (χ1) is 9.54. The van der Waals surface area contributed by atoms with E-state index in [9.17, 15) is 8.78 Å². The first-order valence-electron chi connectivity index (χ1n) is 6.84. The predicted molar refractivity (Wildman–Crippen MR) is 76.4 cm³/mol. The summed E-state index contributed by atoms with van der Waals surface area (Å²) in [6.07, 6.45) is 3.84. The third-order valence-corrected chi connectivity index (χ3v) is 3.05. The van der Waals surface area contributed by atoms with Gasteiger partial charge in [-0.3, -0.25) is 0 Å². The van der Waals surface area contributed by atoms with E-state index < -0.39 is 5.82 Å². The summed E-state index contributed by atoms with van der Waals surface area (Å²) in [5, 5.41) is 3.35. The zero-order chi connectivity index (χ0) is 14.5. The smallest absolute Gasteiger partial charge is 0.128 e. The van der Waals surface area contributed by atoms with Crippen LogP contribution in [0.15, 0.2) is 36.7 Å². The van der Waals surface area contributed by atoms with Crippen molar-refractivity contribution >= 4 is 0 Å². The molecule has 0 bridgehead atoms. The van der Waals surface area contributed by atoms with E-state index in [0.717, 1.165) is 24.7 Å². The molecule has 1 aromatic carbocycles. The summed E-state index contributed by atoms with van der Waals surface area (Å²) in [4.78, 5) is 0. The van der Waals surface area contributed by atoms with Crippen LogP contribution in [-0.2, 0) is 13.1 Å². The number of rotatable bonds is 6. The fourth-order valence-electron chi connectivity index (χ4n) is 2.06. The maximum Gasteiger partial charge on any atom is 0.128 e. The molecular weight excluding hydrogens is 258 g/mol. The Morgan fingerprint density at radius 2 is 2.00 bits per heavy atom. The molecule has 1 heterocycles. The molecule has 0 atom stereocenters. The fourth-order valence-corrected chi connectivity index (χ4v) is 2.06. The average Bonchev–Trinajstić information content (AvgIpc) is 2.81. The normalized spacial score (nSPS) is 11.2. The first-order valence-corrected chi connectivity index (χ1v) is 6.84. The third kappa shape index (κ3) is 4.17. The van der Waals surface area contributed by atoms with Gasteiger partial charge in [-0.2, -0.15) is 0 Å². The molecule has 1 aromatic heterocycles. The second kappa shape index (κ2) is 6.66. The van der Waals surface area contributed by atoms with Gasteiger partial charge in [0.05, 0.1) is 0 Å². The van der Waals surface area contributed by atoms with E-state index in [1.807, 2.05) is 23.0 Å². The molecule has 4 heteroatoms. The lowest BCUT2D eigenvalue weighted by Crippen LogP contribution is -2.18. The van der Waals surface area contributed by atoms with Crippen molar-refractivity contribution in [3.8, 4) is 0 Å². The van der Waals surface area contributed by atoms with Crippen molar-refractivity contribution in [3.05, 3.63) is 59.4 Å². The van der Waals surface area contributed by atoms with Crippen molar-refractivity contribution in [2.75, 3.05) is 6.54 Å². The van der Waals surface area contributed by atoms with E-state index >= 15 is 0 Å². The number of nitrogens with one attached hydrogen (secondary N) is 1. The van der Waals surface area contributed by atoms with Crippen molar-refractivity contribution < 1.29 is 8.78 Å². The van der Waals surface area contributed by atoms with Crippen LogP contribution in [0, 0.1) is 17.6 Å². The van der Waals surface area contributed by atoms with Gasteiger partial charge in [0.15, 0.2) is 0 Å². The maximum absolute atomic E-state index is 13.6. The molecule has 2 aromatic rings. The molecule has 0 spiro atoms. The Morgan fingerprint density at radius 3 is 2.75 bits per heavy atom. The third-order valence-electron chi connectivity index (χ3n) is 3.05. The molecular formula is C16H20F2N2. The average molecular weight is 278 g/mol. The SMILES string of the molecule is CC(C)CNCc1ccn(Cc2cc(F)ccc2F)c1. The second-order valence-electron chi connectivity index (χ2n) is 5.45. The molecule has 0 fully saturated rings. The number of hydrogen-bond donors (Lipinski definition) is 1. The molecule has 0 aliphatic rings. The van der Waals surface area contributed by atoms with E-state index in [4.69, 9.17) is 0 Å². The van der Waals surface area contributed by atoms with E-state index in [2.05, 4.69) is 19.2 Å². The lowest BCUT2D eigenvalue weighted by Gasteiger charge is -2.06. The van der Waals surface area contributed by atoms with Gasteiger partial charge in [0.25, 0.3) is 0 Å². The predicted octanol–water partition coefficient (Wildman–Crippen LogP) is 3.56. The number of benzene rings is 1. The molecule has 0 radical (unpaired) electrons. The van der Waals surface area contributed by atoms with Gasteiger partial charge in [0, 0.05) is 31.0 Å². The number of hydrogen-bond acceptors (Lipinski definition) is 1. The van der Waals surface area contributed by atoms with Crippen LogP contribution >= 0.6 is 0 Å². The van der Waals surface area contributed by atoms with Gasteiger partial charge in [-0.25, -0.2) is 8.78 Å². The highest BCUT2D eigenvalue weighted by molar-refractivity contribution is 5.20. The molecule has 0 saturated heterocycles. The van der Waals surface area contributed by atoms with Crippen LogP contribution in [-0.4, -0.2) is 11.1 Å². The van der Waals surface area contributed by atoms with E-state index in [-0.39, 0.29) is 5.82 Å². The molecule has 108 valence electrons. The Morgan fingerprint density at radius 1 is 1.20 bits per heavy atom. The Bertz CT molecular complexity index is 561. The summed E-state index contributed by atoms with van der Waals surface area (Å²) in [5.41, 5.74) is 1.50. The topological polar surface area (TPSA) is 17.0 Å². The van der Waals surface area contributed by atoms with Gasteiger partial charge in [-0.1, -0.05) is 13.8 Å². The van der Waals surface area contributed by atoms with Crippen molar-refractivity contribution in [2.24, 2.45) is 5.92 Å². The molecule has 2 rings (SSSR count). The van der Waals surface area contributed by atoms with Crippen molar-refractivity contribution in [1.82, 2.24) is 9.88 Å². The molecule has 0 aliphatic carbocycles. The van der Waals surface area contributed by atoms with Crippen molar-refractivity contribution in [3.63, 3.8) is 0 Å². The number of nitrogens with zero attached hydrogens (tertiary/aromatic N) is 1. The lowest BCUT2D eigenvalue weighted by molar-refractivity contribution is 0.551. The summed E-state index contributed by atoms with van der Waals surface area (Å²) < 4.78 is 28.5. The van der Waals surface area contributed by atoms with Gasteiger partial charge in [0.1, 0.15) is 11.6 Å². The molecule has 0 amide bonds. The maximum atomic E-state index is 13.6. The van der Waals surface area contributed by atoms with E-state index in [1.165, 1.54) is 12.1 Å². The molecule has 0 unspecified atom stereocenters. The van der Waals surface area contributed by atoms with Gasteiger partial charge < -0.3 is 9.88 Å². The summed E-state index contributed by atoms with van der Waals surface area (Å²) in [7, 11) is 0. The quantitative estimate of drug-likeness (QED) is 0.855. The molecule has 1 N–H and O–H groups in total. The van der Waals surface area contributed by atoms with E-state index in [1.54, 1.807) is 0 Å². The summed E-state index contributed by atoms with van der Waals surface area (Å²) in [6.45, 7) is 6.41. The molecule has 2 nitrogen and oxygen atoms in total. The highest BCUT2D eigenvalue weighted by atomic mass is 19.1. The molecule has 0 saturated carbocycles. The van der Waals surface area contributed by atoms with Crippen molar-refractivity contribution in [2.45, 2.75) is 26.9 Å². The van der Waals surface area contributed by atoms with Crippen LogP contribution in [0.2, 0.25) is 0 Å². The second-order valence-corrected chi connectivity index (χ2v) is 5.45. The zero-order valence-electron chi connectivity index (χ0n) is 11.9. The Hall–Kier alpha value is -1.68. The monoisotopic (exact) mass is 278 g/mol. The largest absolute Gasteiger partial charge is 0.349 e.